The van der Waals surface area contributed by atoms with Crippen LogP contribution in [-0.2, 0) is 11.3 Å². The maximum Gasteiger partial charge on any atom is 0.237 e. The van der Waals surface area contributed by atoms with Crippen molar-refractivity contribution >= 4 is 28.7 Å². The van der Waals surface area contributed by atoms with Gasteiger partial charge in [0.15, 0.2) is 5.16 Å². The summed E-state index contributed by atoms with van der Waals surface area (Å²) in [6.07, 6.45) is 0.826. The topological polar surface area (TPSA) is 61.0 Å². The van der Waals surface area contributed by atoms with Gasteiger partial charge in [-0.3, -0.25) is 9.69 Å². The van der Waals surface area contributed by atoms with Gasteiger partial charge >= 0.3 is 0 Å². The van der Waals surface area contributed by atoms with E-state index in [4.69, 9.17) is 4.98 Å². The van der Waals surface area contributed by atoms with E-state index in [0.717, 1.165) is 35.7 Å². The summed E-state index contributed by atoms with van der Waals surface area (Å²) in [6, 6.07) is 16.5. The second-order valence-electron chi connectivity index (χ2n) is 8.07. The van der Waals surface area contributed by atoms with E-state index < -0.39 is 0 Å². The number of likely N-dealkylation sites (tertiary alicyclic amines) is 1. The fourth-order valence-electron chi connectivity index (χ4n) is 3.92. The van der Waals surface area contributed by atoms with Gasteiger partial charge in [-0.25, -0.2) is 4.98 Å². The molecule has 6 heteroatoms. The van der Waals surface area contributed by atoms with Gasteiger partial charge < -0.3 is 10.3 Å². The SMILES string of the molecule is Cc1ccccc1CN1C[C@@H](Sc2nc3ccccc3[nH]2)C[C@H]1C(=O)NC(C)C. The normalized spacial score (nSPS) is 19.9. The summed E-state index contributed by atoms with van der Waals surface area (Å²) >= 11 is 1.75. The molecule has 1 fully saturated rings. The molecule has 0 unspecified atom stereocenters. The molecule has 2 atom stereocenters. The minimum atomic E-state index is -0.112. The molecule has 1 aromatic heterocycles. The zero-order valence-electron chi connectivity index (χ0n) is 17.2. The summed E-state index contributed by atoms with van der Waals surface area (Å²) in [4.78, 5) is 23.3. The monoisotopic (exact) mass is 408 g/mol. The van der Waals surface area contributed by atoms with Crippen molar-refractivity contribution in [1.29, 1.82) is 0 Å². The molecule has 1 saturated heterocycles. The first-order chi connectivity index (χ1) is 14.0. The van der Waals surface area contributed by atoms with Crippen LogP contribution in [0.5, 0.6) is 0 Å². The Bertz CT molecular complexity index is 966. The molecule has 0 aliphatic carbocycles. The number of aromatic amines is 1. The minimum absolute atomic E-state index is 0.112. The van der Waals surface area contributed by atoms with Crippen molar-refractivity contribution in [1.82, 2.24) is 20.2 Å². The van der Waals surface area contributed by atoms with Gasteiger partial charge in [0.1, 0.15) is 0 Å². The average Bonchev–Trinajstić information content (AvgIpc) is 3.26. The first kappa shape index (κ1) is 20.0. The number of nitrogens with zero attached hydrogens (tertiary/aromatic N) is 2. The second kappa shape index (κ2) is 8.59. The number of imidazole rings is 1. The van der Waals surface area contributed by atoms with E-state index in [1.54, 1.807) is 11.8 Å². The van der Waals surface area contributed by atoms with Crippen LogP contribution in [0.3, 0.4) is 0 Å². The van der Waals surface area contributed by atoms with E-state index in [1.807, 2.05) is 38.1 Å². The summed E-state index contributed by atoms with van der Waals surface area (Å²) in [5, 5.41) is 4.36. The van der Waals surface area contributed by atoms with Crippen molar-refractivity contribution in [2.75, 3.05) is 6.54 Å². The molecule has 0 spiro atoms. The van der Waals surface area contributed by atoms with Crippen LogP contribution < -0.4 is 5.32 Å². The predicted molar refractivity (Wildman–Crippen MR) is 119 cm³/mol. The number of H-pyrrole nitrogens is 1. The number of hydrogen-bond donors (Lipinski definition) is 2. The molecule has 1 amide bonds. The van der Waals surface area contributed by atoms with Crippen molar-refractivity contribution in [3.8, 4) is 0 Å². The van der Waals surface area contributed by atoms with E-state index in [9.17, 15) is 4.79 Å². The lowest BCUT2D eigenvalue weighted by Gasteiger charge is -2.25. The Kier molecular flexibility index (Phi) is 5.92. The molecule has 2 N–H and O–H groups in total. The molecule has 0 radical (unpaired) electrons. The Morgan fingerprint density at radius 3 is 2.76 bits per heavy atom. The molecule has 5 nitrogen and oxygen atoms in total. The highest BCUT2D eigenvalue weighted by Gasteiger charge is 2.37. The molecule has 0 bridgehead atoms. The number of aromatic nitrogens is 2. The first-order valence-electron chi connectivity index (χ1n) is 10.2. The molecule has 1 aliphatic heterocycles. The van der Waals surface area contributed by atoms with Crippen LogP contribution in [0.1, 0.15) is 31.4 Å². The number of hydrogen-bond acceptors (Lipinski definition) is 4. The van der Waals surface area contributed by atoms with Crippen LogP contribution in [0.4, 0.5) is 0 Å². The predicted octanol–water partition coefficient (Wildman–Crippen LogP) is 4.13. The maximum atomic E-state index is 12.9. The summed E-state index contributed by atoms with van der Waals surface area (Å²) in [5.41, 5.74) is 4.59. The quantitative estimate of drug-likeness (QED) is 0.644. The molecule has 4 rings (SSSR count). The third-order valence-corrected chi connectivity index (χ3v) is 6.47. The smallest absolute Gasteiger partial charge is 0.237 e. The van der Waals surface area contributed by atoms with Crippen molar-refractivity contribution in [2.24, 2.45) is 0 Å². The van der Waals surface area contributed by atoms with Crippen molar-refractivity contribution in [3.05, 3.63) is 59.7 Å². The number of rotatable bonds is 6. The molecular formula is C23H28N4OS. The van der Waals surface area contributed by atoms with Crippen molar-refractivity contribution < 1.29 is 4.79 Å². The van der Waals surface area contributed by atoms with E-state index in [1.165, 1.54) is 11.1 Å². The highest BCUT2D eigenvalue weighted by molar-refractivity contribution is 7.99. The number of carbonyl (C=O) groups excluding carboxylic acids is 1. The van der Waals surface area contributed by atoms with Gasteiger partial charge in [-0.05, 0) is 50.5 Å². The number of para-hydroxylation sites is 2. The van der Waals surface area contributed by atoms with Crippen LogP contribution in [0.15, 0.2) is 53.7 Å². The van der Waals surface area contributed by atoms with Gasteiger partial charge in [0.2, 0.25) is 5.91 Å². The van der Waals surface area contributed by atoms with Crippen LogP contribution >= 0.6 is 11.8 Å². The number of thioether (sulfide) groups is 1. The molecule has 2 heterocycles. The number of carbonyl (C=O) groups is 1. The van der Waals surface area contributed by atoms with Gasteiger partial charge in [0, 0.05) is 24.4 Å². The first-order valence-corrected chi connectivity index (χ1v) is 11.1. The zero-order chi connectivity index (χ0) is 20.4. The third kappa shape index (κ3) is 4.65. The fraction of sp³-hybridized carbons (Fsp3) is 0.391. The van der Waals surface area contributed by atoms with E-state index >= 15 is 0 Å². The van der Waals surface area contributed by atoms with Crippen molar-refractivity contribution in [3.63, 3.8) is 0 Å². The van der Waals surface area contributed by atoms with E-state index in [-0.39, 0.29) is 18.0 Å². The number of fused-ring (bicyclic) bond motifs is 1. The molecule has 0 saturated carbocycles. The van der Waals surface area contributed by atoms with Gasteiger partial charge in [-0.2, -0.15) is 0 Å². The van der Waals surface area contributed by atoms with E-state index in [0.29, 0.717) is 5.25 Å². The lowest BCUT2D eigenvalue weighted by Crippen LogP contribution is -2.45. The van der Waals surface area contributed by atoms with Crippen molar-refractivity contribution in [2.45, 2.75) is 56.2 Å². The lowest BCUT2D eigenvalue weighted by molar-refractivity contribution is -0.126. The van der Waals surface area contributed by atoms with Gasteiger partial charge in [0.05, 0.1) is 17.1 Å². The second-order valence-corrected chi connectivity index (χ2v) is 9.36. The largest absolute Gasteiger partial charge is 0.353 e. The van der Waals surface area contributed by atoms with E-state index in [2.05, 4.69) is 46.4 Å². The Hall–Kier alpha value is -2.31. The summed E-state index contributed by atoms with van der Waals surface area (Å²) in [5.74, 6) is 0.126. The van der Waals surface area contributed by atoms with Crippen LogP contribution in [-0.4, -0.2) is 44.7 Å². The fourth-order valence-corrected chi connectivity index (χ4v) is 5.10. The Morgan fingerprint density at radius 1 is 1.24 bits per heavy atom. The maximum absolute atomic E-state index is 12.9. The van der Waals surface area contributed by atoms with Gasteiger partial charge in [0.25, 0.3) is 0 Å². The standard InChI is InChI=1S/C23H28N4OS/c1-15(2)24-22(28)21-12-18(14-27(21)13-17-9-5-4-8-16(17)3)29-23-25-19-10-6-7-11-20(19)26-23/h4-11,15,18,21H,12-14H2,1-3H3,(H,24,28)(H,25,26)/t18-,21-/m0/s1. The summed E-state index contributed by atoms with van der Waals surface area (Å²) < 4.78 is 0. The third-order valence-electron chi connectivity index (χ3n) is 5.38. The van der Waals surface area contributed by atoms with Crippen LogP contribution in [0, 0.1) is 6.92 Å². The number of benzene rings is 2. The Morgan fingerprint density at radius 2 is 2.00 bits per heavy atom. The highest BCUT2D eigenvalue weighted by atomic mass is 32.2. The Labute approximate surface area is 176 Å². The zero-order valence-corrected chi connectivity index (χ0v) is 18.0. The molecule has 1 aliphatic rings. The Balaban J connectivity index is 1.52. The average molecular weight is 409 g/mol. The van der Waals surface area contributed by atoms with Crippen LogP contribution in [0.25, 0.3) is 11.0 Å². The molecule has 2 aromatic carbocycles. The number of aryl methyl sites for hydroxylation is 1. The summed E-state index contributed by atoms with van der Waals surface area (Å²) in [6.45, 7) is 7.82. The van der Waals surface area contributed by atoms with Gasteiger partial charge in [-0.1, -0.05) is 48.2 Å². The minimum Gasteiger partial charge on any atom is -0.353 e. The molecule has 152 valence electrons. The molecule has 29 heavy (non-hydrogen) atoms. The highest BCUT2D eigenvalue weighted by Crippen LogP contribution is 2.33. The molecule has 3 aromatic rings. The lowest BCUT2D eigenvalue weighted by atomic mass is 10.1. The number of nitrogens with one attached hydrogen (secondary N) is 2. The van der Waals surface area contributed by atoms with Crippen LogP contribution in [0.2, 0.25) is 0 Å². The number of amides is 1. The molecular weight excluding hydrogens is 380 g/mol. The van der Waals surface area contributed by atoms with Gasteiger partial charge in [-0.15, -0.1) is 0 Å². The summed E-state index contributed by atoms with van der Waals surface area (Å²) in [7, 11) is 0.